The summed E-state index contributed by atoms with van der Waals surface area (Å²) < 4.78 is 13.0. The number of aliphatic hydroxyl groups excluding tert-OH is 1. The Bertz CT molecular complexity index is 433. The third kappa shape index (κ3) is 2.31. The Kier molecular flexibility index (Phi) is 3.43. The number of aryl methyl sites for hydroxylation is 1. The molecule has 1 unspecified atom stereocenters. The molecule has 0 saturated carbocycles. The highest BCUT2D eigenvalue weighted by Gasteiger charge is 2.29. The fourth-order valence-electron chi connectivity index (χ4n) is 2.31. The number of nitrogens with zero attached hydrogens (tertiary/aromatic N) is 1. The molecule has 92 valence electrons. The number of halogens is 1. The average molecular weight is 237 g/mol. The van der Waals surface area contributed by atoms with Gasteiger partial charge in [0.15, 0.2) is 0 Å². The van der Waals surface area contributed by atoms with Gasteiger partial charge >= 0.3 is 0 Å². The molecule has 0 spiro atoms. The number of hydrogen-bond donors (Lipinski definition) is 1. The number of aliphatic hydroxyl groups is 1. The quantitative estimate of drug-likeness (QED) is 0.851. The number of carbonyl (C=O) groups is 1. The Morgan fingerprint density at radius 2 is 2.35 bits per heavy atom. The van der Waals surface area contributed by atoms with Crippen LogP contribution in [0.4, 0.5) is 4.39 Å². The molecule has 1 amide bonds. The Labute approximate surface area is 99.9 Å². The second kappa shape index (κ2) is 4.84. The van der Waals surface area contributed by atoms with E-state index < -0.39 is 0 Å². The number of rotatable bonds is 2. The van der Waals surface area contributed by atoms with E-state index in [-0.39, 0.29) is 24.4 Å². The van der Waals surface area contributed by atoms with Gasteiger partial charge in [0, 0.05) is 12.1 Å². The summed E-state index contributed by atoms with van der Waals surface area (Å²) in [6, 6.07) is 4.08. The molecular weight excluding hydrogens is 221 g/mol. The van der Waals surface area contributed by atoms with Crippen LogP contribution in [0.2, 0.25) is 0 Å². The lowest BCUT2D eigenvalue weighted by atomic mass is 10.1. The van der Waals surface area contributed by atoms with Gasteiger partial charge in [0.25, 0.3) is 5.91 Å². The number of likely N-dealkylation sites (tertiary alicyclic amines) is 1. The topological polar surface area (TPSA) is 40.5 Å². The molecule has 1 heterocycles. The predicted molar refractivity (Wildman–Crippen MR) is 62.3 cm³/mol. The maximum Gasteiger partial charge on any atom is 0.254 e. The number of carbonyl (C=O) groups excluding carboxylic acids is 1. The summed E-state index contributed by atoms with van der Waals surface area (Å²) in [6.45, 7) is 2.38. The van der Waals surface area contributed by atoms with Crippen molar-refractivity contribution in [2.75, 3.05) is 13.2 Å². The van der Waals surface area contributed by atoms with E-state index in [1.54, 1.807) is 11.8 Å². The highest BCUT2D eigenvalue weighted by molar-refractivity contribution is 5.96. The molecule has 1 saturated heterocycles. The zero-order valence-electron chi connectivity index (χ0n) is 9.82. The molecule has 1 aliphatic rings. The summed E-state index contributed by atoms with van der Waals surface area (Å²) in [5.74, 6) is -0.446. The first-order valence-corrected chi connectivity index (χ1v) is 5.81. The normalized spacial score (nSPS) is 19.7. The Hall–Kier alpha value is -1.42. The summed E-state index contributed by atoms with van der Waals surface area (Å²) in [5, 5.41) is 9.19. The van der Waals surface area contributed by atoms with Crippen molar-refractivity contribution in [3.63, 3.8) is 0 Å². The van der Waals surface area contributed by atoms with Gasteiger partial charge in [0.1, 0.15) is 5.82 Å². The third-order valence-corrected chi connectivity index (χ3v) is 3.27. The van der Waals surface area contributed by atoms with Crippen LogP contribution in [0.1, 0.15) is 28.8 Å². The van der Waals surface area contributed by atoms with E-state index in [4.69, 9.17) is 0 Å². The zero-order chi connectivity index (χ0) is 12.4. The van der Waals surface area contributed by atoms with E-state index in [2.05, 4.69) is 0 Å². The Morgan fingerprint density at radius 1 is 1.59 bits per heavy atom. The van der Waals surface area contributed by atoms with Gasteiger partial charge in [-0.15, -0.1) is 0 Å². The molecule has 3 nitrogen and oxygen atoms in total. The van der Waals surface area contributed by atoms with Crippen molar-refractivity contribution in [1.82, 2.24) is 4.90 Å². The van der Waals surface area contributed by atoms with E-state index in [1.165, 1.54) is 18.2 Å². The van der Waals surface area contributed by atoms with Crippen LogP contribution in [0.15, 0.2) is 18.2 Å². The molecule has 1 atom stereocenters. The molecule has 17 heavy (non-hydrogen) atoms. The van der Waals surface area contributed by atoms with Gasteiger partial charge in [-0.1, -0.05) is 0 Å². The number of hydrogen-bond acceptors (Lipinski definition) is 2. The minimum Gasteiger partial charge on any atom is -0.394 e. The first kappa shape index (κ1) is 12.0. The Balaban J connectivity index is 2.24. The lowest BCUT2D eigenvalue weighted by Gasteiger charge is -2.23. The maximum atomic E-state index is 13.0. The summed E-state index contributed by atoms with van der Waals surface area (Å²) >= 11 is 0. The molecule has 0 aliphatic carbocycles. The second-order valence-corrected chi connectivity index (χ2v) is 4.44. The molecule has 1 N–H and O–H groups in total. The van der Waals surface area contributed by atoms with Crippen LogP contribution in [0, 0.1) is 12.7 Å². The van der Waals surface area contributed by atoms with Crippen molar-refractivity contribution >= 4 is 5.91 Å². The van der Waals surface area contributed by atoms with Gasteiger partial charge in [-0.3, -0.25) is 4.79 Å². The van der Waals surface area contributed by atoms with Crippen molar-refractivity contribution < 1.29 is 14.3 Å². The third-order valence-electron chi connectivity index (χ3n) is 3.27. The molecule has 0 aromatic heterocycles. The van der Waals surface area contributed by atoms with Crippen molar-refractivity contribution in [2.45, 2.75) is 25.8 Å². The van der Waals surface area contributed by atoms with E-state index >= 15 is 0 Å². The smallest absolute Gasteiger partial charge is 0.254 e. The van der Waals surface area contributed by atoms with Crippen LogP contribution in [0.25, 0.3) is 0 Å². The van der Waals surface area contributed by atoms with Crippen molar-refractivity contribution in [3.8, 4) is 0 Å². The van der Waals surface area contributed by atoms with Gasteiger partial charge in [-0.05, 0) is 43.5 Å². The maximum absolute atomic E-state index is 13.0. The minimum atomic E-state index is -0.334. The van der Waals surface area contributed by atoms with Gasteiger partial charge in [-0.2, -0.15) is 0 Å². The lowest BCUT2D eigenvalue weighted by Crippen LogP contribution is -2.37. The summed E-state index contributed by atoms with van der Waals surface area (Å²) in [4.78, 5) is 13.9. The predicted octanol–water partition coefficient (Wildman–Crippen LogP) is 1.73. The van der Waals surface area contributed by atoms with Gasteiger partial charge in [0.05, 0.1) is 12.6 Å². The molecule has 0 bridgehead atoms. The van der Waals surface area contributed by atoms with Crippen LogP contribution in [-0.4, -0.2) is 35.1 Å². The van der Waals surface area contributed by atoms with Gasteiger partial charge in [-0.25, -0.2) is 4.39 Å². The molecule has 2 rings (SSSR count). The Morgan fingerprint density at radius 3 is 3.00 bits per heavy atom. The lowest BCUT2D eigenvalue weighted by molar-refractivity contribution is 0.0677. The monoisotopic (exact) mass is 237 g/mol. The molecule has 0 radical (unpaired) electrons. The van der Waals surface area contributed by atoms with E-state index in [0.717, 1.165) is 12.8 Å². The van der Waals surface area contributed by atoms with E-state index in [9.17, 15) is 14.3 Å². The highest BCUT2D eigenvalue weighted by atomic mass is 19.1. The van der Waals surface area contributed by atoms with Crippen LogP contribution in [-0.2, 0) is 0 Å². The van der Waals surface area contributed by atoms with Gasteiger partial charge in [0.2, 0.25) is 0 Å². The zero-order valence-corrected chi connectivity index (χ0v) is 9.82. The summed E-state index contributed by atoms with van der Waals surface area (Å²) in [7, 11) is 0. The van der Waals surface area contributed by atoms with Crippen molar-refractivity contribution in [3.05, 3.63) is 35.1 Å². The molecule has 1 aliphatic heterocycles. The largest absolute Gasteiger partial charge is 0.394 e. The molecule has 1 fully saturated rings. The SMILES string of the molecule is Cc1cc(F)ccc1C(=O)N1CCCC1CO. The fraction of sp³-hybridized carbons (Fsp3) is 0.462. The van der Waals surface area contributed by atoms with Crippen molar-refractivity contribution in [2.24, 2.45) is 0 Å². The average Bonchev–Trinajstić information content (AvgIpc) is 2.76. The summed E-state index contributed by atoms with van der Waals surface area (Å²) in [5.41, 5.74) is 1.16. The summed E-state index contributed by atoms with van der Waals surface area (Å²) in [6.07, 6.45) is 1.75. The first-order chi connectivity index (χ1) is 8.13. The van der Waals surface area contributed by atoms with Gasteiger partial charge < -0.3 is 10.0 Å². The molecule has 1 aromatic carbocycles. The van der Waals surface area contributed by atoms with Crippen LogP contribution in [0.5, 0.6) is 0 Å². The molecule has 4 heteroatoms. The molecular formula is C13H16FNO2. The van der Waals surface area contributed by atoms with E-state index in [0.29, 0.717) is 17.7 Å². The highest BCUT2D eigenvalue weighted by Crippen LogP contribution is 2.21. The first-order valence-electron chi connectivity index (χ1n) is 5.81. The standard InChI is InChI=1S/C13H16FNO2/c1-9-7-10(14)4-5-12(9)13(17)15-6-2-3-11(15)8-16/h4-5,7,11,16H,2-3,6,8H2,1H3. The fourth-order valence-corrected chi connectivity index (χ4v) is 2.31. The minimum absolute atomic E-state index is 0.00795. The van der Waals surface area contributed by atoms with Crippen LogP contribution in [0.3, 0.4) is 0 Å². The van der Waals surface area contributed by atoms with Crippen LogP contribution >= 0.6 is 0 Å². The number of benzene rings is 1. The molecule has 1 aromatic rings. The van der Waals surface area contributed by atoms with Crippen LogP contribution < -0.4 is 0 Å². The van der Waals surface area contributed by atoms with Crippen molar-refractivity contribution in [1.29, 1.82) is 0 Å². The van der Waals surface area contributed by atoms with E-state index in [1.807, 2.05) is 0 Å². The number of amides is 1. The second-order valence-electron chi connectivity index (χ2n) is 4.44.